The molecule has 0 saturated heterocycles. The first-order chi connectivity index (χ1) is 12.1. The molecule has 0 saturated carbocycles. The molecule has 0 unspecified atom stereocenters. The molecule has 2 N–H and O–H groups in total. The zero-order valence-corrected chi connectivity index (χ0v) is 14.6. The first kappa shape index (κ1) is 19.0. The van der Waals surface area contributed by atoms with Crippen molar-refractivity contribution in [2.24, 2.45) is 0 Å². The van der Waals surface area contributed by atoms with Gasteiger partial charge in [-0.05, 0) is 36.6 Å². The van der Waals surface area contributed by atoms with E-state index in [2.05, 4.69) is 17.0 Å². The fourth-order valence-electron chi connectivity index (χ4n) is 2.45. The second kappa shape index (κ2) is 9.81. The van der Waals surface area contributed by atoms with Gasteiger partial charge in [0.15, 0.2) is 6.61 Å². The Balaban J connectivity index is 1.76. The van der Waals surface area contributed by atoms with Gasteiger partial charge in [-0.25, -0.2) is 4.79 Å². The standard InChI is InChI=1S/C20H25NO4/c1-15(21-13-19(22)17-6-4-3-5-7-17)12-16-8-10-18(11-9-16)25-14-20(23)24-2/h3-11,15,19,21-22H,12-14H2,1-2H3/t15-,19+/m1/s1. The molecule has 0 spiro atoms. The Morgan fingerprint density at radius 3 is 2.44 bits per heavy atom. The van der Waals surface area contributed by atoms with E-state index in [1.165, 1.54) is 7.11 Å². The topological polar surface area (TPSA) is 67.8 Å². The van der Waals surface area contributed by atoms with Crippen LogP contribution in [0.15, 0.2) is 54.6 Å². The van der Waals surface area contributed by atoms with Gasteiger partial charge in [-0.2, -0.15) is 0 Å². The van der Waals surface area contributed by atoms with Gasteiger partial charge in [-0.1, -0.05) is 42.5 Å². The summed E-state index contributed by atoms with van der Waals surface area (Å²) in [6.45, 7) is 2.50. The van der Waals surface area contributed by atoms with Gasteiger partial charge in [0.2, 0.25) is 0 Å². The van der Waals surface area contributed by atoms with Crippen LogP contribution in [0.5, 0.6) is 5.75 Å². The van der Waals surface area contributed by atoms with Crippen molar-refractivity contribution in [2.45, 2.75) is 25.5 Å². The van der Waals surface area contributed by atoms with Crippen LogP contribution in [-0.4, -0.2) is 37.4 Å². The van der Waals surface area contributed by atoms with Crippen molar-refractivity contribution in [1.29, 1.82) is 0 Å². The number of benzene rings is 2. The van der Waals surface area contributed by atoms with E-state index in [0.29, 0.717) is 12.3 Å². The van der Waals surface area contributed by atoms with Gasteiger partial charge < -0.3 is 19.9 Å². The molecule has 0 radical (unpaired) electrons. The molecule has 0 amide bonds. The van der Waals surface area contributed by atoms with Crippen molar-refractivity contribution in [3.8, 4) is 5.75 Å². The number of carbonyl (C=O) groups is 1. The number of methoxy groups -OCH3 is 1. The fraction of sp³-hybridized carbons (Fsp3) is 0.350. The maximum absolute atomic E-state index is 11.1. The van der Waals surface area contributed by atoms with E-state index in [0.717, 1.165) is 17.5 Å². The summed E-state index contributed by atoms with van der Waals surface area (Å²) in [6.07, 6.45) is 0.316. The largest absolute Gasteiger partial charge is 0.482 e. The van der Waals surface area contributed by atoms with Crippen molar-refractivity contribution in [3.05, 3.63) is 65.7 Å². The monoisotopic (exact) mass is 343 g/mol. The van der Waals surface area contributed by atoms with Crippen molar-refractivity contribution in [3.63, 3.8) is 0 Å². The van der Waals surface area contributed by atoms with Crippen LogP contribution >= 0.6 is 0 Å². The summed E-state index contributed by atoms with van der Waals surface area (Å²) in [6, 6.07) is 17.5. The number of aliphatic hydroxyl groups excluding tert-OH is 1. The third-order valence-corrected chi connectivity index (χ3v) is 3.89. The second-order valence-electron chi connectivity index (χ2n) is 5.95. The quantitative estimate of drug-likeness (QED) is 0.685. The zero-order valence-electron chi connectivity index (χ0n) is 14.6. The Kier molecular flexibility index (Phi) is 7.44. The summed E-state index contributed by atoms with van der Waals surface area (Å²) in [5, 5.41) is 13.5. The molecule has 25 heavy (non-hydrogen) atoms. The number of ether oxygens (including phenoxy) is 2. The van der Waals surface area contributed by atoms with Gasteiger partial charge in [0.1, 0.15) is 5.75 Å². The lowest BCUT2D eigenvalue weighted by molar-refractivity contribution is -0.142. The molecule has 0 fully saturated rings. The van der Waals surface area contributed by atoms with Crippen molar-refractivity contribution in [1.82, 2.24) is 5.32 Å². The predicted octanol–water partition coefficient (Wildman–Crippen LogP) is 2.49. The average Bonchev–Trinajstić information content (AvgIpc) is 2.66. The molecule has 0 heterocycles. The minimum atomic E-state index is -0.516. The van der Waals surface area contributed by atoms with Crippen LogP contribution in [0.4, 0.5) is 0 Å². The summed E-state index contributed by atoms with van der Waals surface area (Å²) in [4.78, 5) is 11.1. The van der Waals surface area contributed by atoms with Gasteiger partial charge in [-0.15, -0.1) is 0 Å². The molecule has 5 nitrogen and oxygen atoms in total. The molecular formula is C20H25NO4. The van der Waals surface area contributed by atoms with E-state index >= 15 is 0 Å². The van der Waals surface area contributed by atoms with E-state index in [1.807, 2.05) is 54.6 Å². The van der Waals surface area contributed by atoms with Crippen LogP contribution in [0.2, 0.25) is 0 Å². The SMILES string of the molecule is COC(=O)COc1ccc(C[C@@H](C)NC[C@H](O)c2ccccc2)cc1. The lowest BCUT2D eigenvalue weighted by Gasteiger charge is -2.17. The number of aliphatic hydroxyl groups is 1. The summed E-state index contributed by atoms with van der Waals surface area (Å²) < 4.78 is 9.86. The molecule has 5 heteroatoms. The number of carbonyl (C=O) groups excluding carboxylic acids is 1. The number of rotatable bonds is 9. The third-order valence-electron chi connectivity index (χ3n) is 3.89. The van der Waals surface area contributed by atoms with Crippen LogP contribution < -0.4 is 10.1 Å². The van der Waals surface area contributed by atoms with E-state index in [4.69, 9.17) is 4.74 Å². The minimum Gasteiger partial charge on any atom is -0.482 e. The summed E-state index contributed by atoms with van der Waals surface area (Å²) >= 11 is 0. The van der Waals surface area contributed by atoms with E-state index < -0.39 is 12.1 Å². The predicted molar refractivity (Wildman–Crippen MR) is 96.5 cm³/mol. The molecule has 0 aliphatic carbocycles. The number of hydrogen-bond acceptors (Lipinski definition) is 5. The smallest absolute Gasteiger partial charge is 0.343 e. The first-order valence-electron chi connectivity index (χ1n) is 8.33. The van der Waals surface area contributed by atoms with Crippen molar-refractivity contribution < 1.29 is 19.4 Å². The van der Waals surface area contributed by atoms with E-state index in [9.17, 15) is 9.90 Å². The van der Waals surface area contributed by atoms with E-state index in [1.54, 1.807) is 0 Å². The zero-order chi connectivity index (χ0) is 18.1. The molecule has 0 bridgehead atoms. The van der Waals surface area contributed by atoms with Crippen LogP contribution in [-0.2, 0) is 16.0 Å². The molecule has 134 valence electrons. The number of hydrogen-bond donors (Lipinski definition) is 2. The highest BCUT2D eigenvalue weighted by Crippen LogP contribution is 2.14. The first-order valence-corrected chi connectivity index (χ1v) is 8.33. The summed E-state index contributed by atoms with van der Waals surface area (Å²) in [5.41, 5.74) is 2.06. The normalized spacial score (nSPS) is 13.1. The van der Waals surface area contributed by atoms with Crippen molar-refractivity contribution >= 4 is 5.97 Å². The Morgan fingerprint density at radius 2 is 1.80 bits per heavy atom. The Labute approximate surface area is 148 Å². The maximum atomic E-state index is 11.1. The molecular weight excluding hydrogens is 318 g/mol. The summed E-state index contributed by atoms with van der Waals surface area (Å²) in [7, 11) is 1.33. The fourth-order valence-corrected chi connectivity index (χ4v) is 2.45. The van der Waals surface area contributed by atoms with Crippen LogP contribution in [0.1, 0.15) is 24.2 Å². The molecule has 0 aliphatic rings. The number of esters is 1. The molecule has 2 rings (SSSR count). The third kappa shape index (κ3) is 6.57. The molecule has 0 aromatic heterocycles. The summed E-state index contributed by atoms with van der Waals surface area (Å²) in [5.74, 6) is 0.230. The molecule has 2 atom stereocenters. The van der Waals surface area contributed by atoms with Gasteiger partial charge in [-0.3, -0.25) is 0 Å². The maximum Gasteiger partial charge on any atom is 0.343 e. The Hall–Kier alpha value is -2.37. The highest BCUT2D eigenvalue weighted by atomic mass is 16.6. The van der Waals surface area contributed by atoms with Gasteiger partial charge in [0.05, 0.1) is 13.2 Å². The molecule has 0 aliphatic heterocycles. The second-order valence-corrected chi connectivity index (χ2v) is 5.95. The molecule has 2 aromatic carbocycles. The van der Waals surface area contributed by atoms with Gasteiger partial charge in [0.25, 0.3) is 0 Å². The van der Waals surface area contributed by atoms with Gasteiger partial charge >= 0.3 is 5.97 Å². The lowest BCUT2D eigenvalue weighted by atomic mass is 10.1. The van der Waals surface area contributed by atoms with Crippen molar-refractivity contribution in [2.75, 3.05) is 20.3 Å². The Bertz CT molecular complexity index is 643. The highest BCUT2D eigenvalue weighted by molar-refractivity contribution is 5.70. The van der Waals surface area contributed by atoms with Crippen LogP contribution in [0.25, 0.3) is 0 Å². The average molecular weight is 343 g/mol. The Morgan fingerprint density at radius 1 is 1.12 bits per heavy atom. The number of nitrogens with one attached hydrogen (secondary N) is 1. The van der Waals surface area contributed by atoms with Crippen LogP contribution in [0, 0.1) is 0 Å². The molecule has 2 aromatic rings. The van der Waals surface area contributed by atoms with E-state index in [-0.39, 0.29) is 12.6 Å². The minimum absolute atomic E-state index is 0.0921. The lowest BCUT2D eigenvalue weighted by Crippen LogP contribution is -2.32. The van der Waals surface area contributed by atoms with Gasteiger partial charge in [0, 0.05) is 12.6 Å². The van der Waals surface area contributed by atoms with Crippen LogP contribution in [0.3, 0.4) is 0 Å². The highest BCUT2D eigenvalue weighted by Gasteiger charge is 2.10.